The molecule has 0 N–H and O–H groups in total. The van der Waals surface area contributed by atoms with Gasteiger partial charge in [-0.3, -0.25) is 4.79 Å². The van der Waals surface area contributed by atoms with E-state index in [0.29, 0.717) is 0 Å². The van der Waals surface area contributed by atoms with Crippen LogP contribution in [0.2, 0.25) is 0 Å². The molecule has 0 aliphatic carbocycles. The molecule has 0 saturated heterocycles. The van der Waals surface area contributed by atoms with E-state index in [2.05, 4.69) is 0 Å². The molecule has 112 valence electrons. The standard InChI is InChI=1S/C12H16O2.2C2H6.CH4/c1-4-9(2)12(13)10-5-7-11(14-3)8-6-10;2*1-2;/h5-9H,4H2,1-3H3;2*1-2H3;1H4. The molecule has 1 aromatic rings. The number of hydrogen-bond acceptors (Lipinski definition) is 2. The Labute approximate surface area is 120 Å². The number of Topliss-reactive ketones (excluding diaryl/α,β-unsaturated/α-hetero) is 1. The van der Waals surface area contributed by atoms with Gasteiger partial charge in [0.1, 0.15) is 5.75 Å². The molecule has 0 saturated carbocycles. The van der Waals surface area contributed by atoms with E-state index >= 15 is 0 Å². The molecule has 0 spiro atoms. The lowest BCUT2D eigenvalue weighted by atomic mass is 9.97. The fourth-order valence-electron chi connectivity index (χ4n) is 1.23. The van der Waals surface area contributed by atoms with E-state index in [1.807, 2.05) is 65.8 Å². The molecule has 2 heteroatoms. The number of rotatable bonds is 4. The third-order valence-electron chi connectivity index (χ3n) is 2.43. The van der Waals surface area contributed by atoms with Gasteiger partial charge in [-0.1, -0.05) is 49.0 Å². The molecule has 0 bridgehead atoms. The lowest BCUT2D eigenvalue weighted by Gasteiger charge is -2.07. The van der Waals surface area contributed by atoms with Crippen LogP contribution in [-0.4, -0.2) is 12.9 Å². The minimum absolute atomic E-state index is 0. The number of ether oxygens (including phenoxy) is 1. The summed E-state index contributed by atoms with van der Waals surface area (Å²) in [6, 6.07) is 7.26. The van der Waals surface area contributed by atoms with E-state index in [-0.39, 0.29) is 19.1 Å². The Bertz CT molecular complexity index is 302. The zero-order valence-corrected chi connectivity index (χ0v) is 12.9. The number of methoxy groups -OCH3 is 1. The molecular weight excluding hydrogens is 236 g/mol. The lowest BCUT2D eigenvalue weighted by Crippen LogP contribution is -2.09. The van der Waals surface area contributed by atoms with Crippen molar-refractivity contribution in [3.63, 3.8) is 0 Å². The Morgan fingerprint density at radius 1 is 1.11 bits per heavy atom. The van der Waals surface area contributed by atoms with E-state index < -0.39 is 0 Å². The lowest BCUT2D eigenvalue weighted by molar-refractivity contribution is 0.0927. The molecule has 0 aromatic heterocycles. The first-order chi connectivity index (χ1) is 8.69. The van der Waals surface area contributed by atoms with E-state index in [1.54, 1.807) is 7.11 Å². The Balaban J connectivity index is -0.000000467. The first kappa shape index (κ1) is 22.8. The second-order valence-electron chi connectivity index (χ2n) is 3.40. The molecule has 0 amide bonds. The van der Waals surface area contributed by atoms with Crippen molar-refractivity contribution in [1.82, 2.24) is 0 Å². The normalized spacial score (nSPS) is 9.63. The van der Waals surface area contributed by atoms with Crippen molar-refractivity contribution in [2.45, 2.75) is 55.4 Å². The topological polar surface area (TPSA) is 26.3 Å². The highest BCUT2D eigenvalue weighted by Crippen LogP contribution is 2.15. The summed E-state index contributed by atoms with van der Waals surface area (Å²) in [5.74, 6) is 1.09. The van der Waals surface area contributed by atoms with Gasteiger partial charge in [0.2, 0.25) is 0 Å². The highest BCUT2D eigenvalue weighted by molar-refractivity contribution is 5.97. The van der Waals surface area contributed by atoms with Crippen molar-refractivity contribution < 1.29 is 9.53 Å². The smallest absolute Gasteiger partial charge is 0.165 e. The summed E-state index contributed by atoms with van der Waals surface area (Å²) in [5, 5.41) is 0. The van der Waals surface area contributed by atoms with Gasteiger partial charge in [-0.05, 0) is 30.7 Å². The first-order valence-electron chi connectivity index (χ1n) is 6.87. The van der Waals surface area contributed by atoms with Gasteiger partial charge in [0, 0.05) is 11.5 Å². The number of carbonyl (C=O) groups excluding carboxylic acids is 1. The molecule has 0 heterocycles. The van der Waals surface area contributed by atoms with Crippen LogP contribution in [0.4, 0.5) is 0 Å². The molecule has 0 aliphatic rings. The maximum absolute atomic E-state index is 11.7. The van der Waals surface area contributed by atoms with Crippen LogP contribution >= 0.6 is 0 Å². The van der Waals surface area contributed by atoms with Crippen LogP contribution < -0.4 is 4.74 Å². The third-order valence-corrected chi connectivity index (χ3v) is 2.43. The zero-order valence-electron chi connectivity index (χ0n) is 12.9. The van der Waals surface area contributed by atoms with E-state index in [1.165, 1.54) is 0 Å². The summed E-state index contributed by atoms with van der Waals surface area (Å²) in [5.41, 5.74) is 0.764. The van der Waals surface area contributed by atoms with Crippen LogP contribution in [-0.2, 0) is 0 Å². The number of ketones is 1. The van der Waals surface area contributed by atoms with Crippen molar-refractivity contribution in [3.8, 4) is 5.75 Å². The van der Waals surface area contributed by atoms with Gasteiger partial charge in [0.05, 0.1) is 7.11 Å². The summed E-state index contributed by atoms with van der Waals surface area (Å²) in [6.07, 6.45) is 0.880. The second kappa shape index (κ2) is 14.7. The van der Waals surface area contributed by atoms with Gasteiger partial charge in [0.15, 0.2) is 5.78 Å². The minimum atomic E-state index is 0. The number of hydrogen-bond donors (Lipinski definition) is 0. The first-order valence-corrected chi connectivity index (χ1v) is 6.87. The monoisotopic (exact) mass is 268 g/mol. The Hall–Kier alpha value is -1.31. The highest BCUT2D eigenvalue weighted by Gasteiger charge is 2.12. The van der Waals surface area contributed by atoms with Crippen LogP contribution in [0.25, 0.3) is 0 Å². The Morgan fingerprint density at radius 2 is 1.53 bits per heavy atom. The fraction of sp³-hybridized carbons (Fsp3) is 0.588. The van der Waals surface area contributed by atoms with Crippen molar-refractivity contribution in [1.29, 1.82) is 0 Å². The average Bonchev–Trinajstić information content (AvgIpc) is 2.49. The summed E-state index contributed by atoms with van der Waals surface area (Å²) in [6.45, 7) is 12.0. The van der Waals surface area contributed by atoms with Gasteiger partial charge >= 0.3 is 0 Å². The maximum atomic E-state index is 11.7. The van der Waals surface area contributed by atoms with Gasteiger partial charge in [-0.25, -0.2) is 0 Å². The molecule has 1 rings (SSSR count). The highest BCUT2D eigenvalue weighted by atomic mass is 16.5. The molecule has 1 atom stereocenters. The van der Waals surface area contributed by atoms with Gasteiger partial charge < -0.3 is 4.74 Å². The van der Waals surface area contributed by atoms with Crippen LogP contribution in [0, 0.1) is 5.92 Å². The Morgan fingerprint density at radius 3 is 1.84 bits per heavy atom. The molecule has 1 unspecified atom stereocenters. The number of benzene rings is 1. The molecule has 0 aliphatic heterocycles. The van der Waals surface area contributed by atoms with Crippen LogP contribution in [0.1, 0.15) is 65.7 Å². The van der Waals surface area contributed by atoms with E-state index in [0.717, 1.165) is 17.7 Å². The van der Waals surface area contributed by atoms with E-state index in [9.17, 15) is 4.79 Å². The van der Waals surface area contributed by atoms with Crippen molar-refractivity contribution >= 4 is 5.78 Å². The maximum Gasteiger partial charge on any atom is 0.165 e. The third kappa shape index (κ3) is 8.41. The van der Waals surface area contributed by atoms with Crippen molar-refractivity contribution in [3.05, 3.63) is 29.8 Å². The van der Waals surface area contributed by atoms with Gasteiger partial charge in [0.25, 0.3) is 0 Å². The van der Waals surface area contributed by atoms with Crippen LogP contribution in [0.15, 0.2) is 24.3 Å². The van der Waals surface area contributed by atoms with Gasteiger partial charge in [-0.2, -0.15) is 0 Å². The summed E-state index contributed by atoms with van der Waals surface area (Å²) < 4.78 is 5.02. The minimum Gasteiger partial charge on any atom is -0.497 e. The largest absolute Gasteiger partial charge is 0.497 e. The molecule has 19 heavy (non-hydrogen) atoms. The molecule has 1 aromatic carbocycles. The van der Waals surface area contributed by atoms with E-state index in [4.69, 9.17) is 4.74 Å². The molecule has 0 fully saturated rings. The summed E-state index contributed by atoms with van der Waals surface area (Å²) in [7, 11) is 1.62. The predicted octanol–water partition coefficient (Wildman–Crippen LogP) is 5.61. The molecule has 0 radical (unpaired) electrons. The fourth-order valence-corrected chi connectivity index (χ4v) is 1.23. The molecule has 2 nitrogen and oxygen atoms in total. The van der Waals surface area contributed by atoms with Crippen molar-refractivity contribution in [2.24, 2.45) is 5.92 Å². The predicted molar refractivity (Wildman–Crippen MR) is 86.2 cm³/mol. The SMILES string of the molecule is C.CC.CC.CCC(C)C(=O)c1ccc(OC)cc1. The summed E-state index contributed by atoms with van der Waals surface area (Å²) >= 11 is 0. The molecular formula is C17H32O2. The quantitative estimate of drug-likeness (QED) is 0.663. The summed E-state index contributed by atoms with van der Waals surface area (Å²) in [4.78, 5) is 11.7. The van der Waals surface area contributed by atoms with Crippen LogP contribution in [0.3, 0.4) is 0 Å². The zero-order chi connectivity index (χ0) is 14.6. The Kier molecular flexibility index (Phi) is 17.7. The van der Waals surface area contributed by atoms with Crippen LogP contribution in [0.5, 0.6) is 5.75 Å². The van der Waals surface area contributed by atoms with Gasteiger partial charge in [-0.15, -0.1) is 0 Å². The number of carbonyl (C=O) groups is 1. The van der Waals surface area contributed by atoms with Crippen molar-refractivity contribution in [2.75, 3.05) is 7.11 Å². The second-order valence-corrected chi connectivity index (χ2v) is 3.40. The average molecular weight is 268 g/mol.